The van der Waals surface area contributed by atoms with Crippen molar-refractivity contribution < 1.29 is 23.9 Å². The Morgan fingerprint density at radius 2 is 1.81 bits per heavy atom. The molecule has 0 bridgehead atoms. The second kappa shape index (κ2) is 9.54. The summed E-state index contributed by atoms with van der Waals surface area (Å²) in [6.07, 6.45) is 7.17. The first-order chi connectivity index (χ1) is 17.6. The average Bonchev–Trinajstić information content (AvgIpc) is 3.15. The Morgan fingerprint density at radius 3 is 2.46 bits per heavy atom. The van der Waals surface area contributed by atoms with Crippen LogP contribution < -0.4 is 4.90 Å². The van der Waals surface area contributed by atoms with Crippen LogP contribution in [0.15, 0.2) is 47.1 Å². The van der Waals surface area contributed by atoms with Crippen LogP contribution in [0.3, 0.4) is 0 Å². The summed E-state index contributed by atoms with van der Waals surface area (Å²) in [5, 5.41) is 0. The summed E-state index contributed by atoms with van der Waals surface area (Å²) in [6, 6.07) is 8.72. The van der Waals surface area contributed by atoms with E-state index in [1.165, 1.54) is 36.3 Å². The van der Waals surface area contributed by atoms with Gasteiger partial charge in [-0.05, 0) is 85.3 Å². The molecule has 5 rings (SSSR count). The Bertz CT molecular complexity index is 1180. The zero-order valence-corrected chi connectivity index (χ0v) is 22.8. The maximum atomic E-state index is 13.7. The van der Waals surface area contributed by atoms with Gasteiger partial charge in [0.05, 0.1) is 0 Å². The second-order valence-electron chi connectivity index (χ2n) is 11.8. The van der Waals surface area contributed by atoms with E-state index in [1.54, 1.807) is 0 Å². The van der Waals surface area contributed by atoms with Gasteiger partial charge < -0.3 is 14.4 Å². The number of allylic oxidation sites excluding steroid dienone is 4. The third-order valence-corrected chi connectivity index (χ3v) is 9.71. The van der Waals surface area contributed by atoms with Crippen molar-refractivity contribution in [2.75, 3.05) is 32.7 Å². The van der Waals surface area contributed by atoms with E-state index in [0.29, 0.717) is 18.8 Å². The van der Waals surface area contributed by atoms with Gasteiger partial charge in [-0.1, -0.05) is 24.6 Å². The number of esters is 1. The summed E-state index contributed by atoms with van der Waals surface area (Å²) >= 11 is 0. The highest BCUT2D eigenvalue weighted by molar-refractivity contribution is 5.93. The van der Waals surface area contributed by atoms with Crippen molar-refractivity contribution in [2.45, 2.75) is 70.3 Å². The van der Waals surface area contributed by atoms with Gasteiger partial charge in [-0.2, -0.15) is 0 Å². The van der Waals surface area contributed by atoms with Crippen molar-refractivity contribution in [3.05, 3.63) is 52.6 Å². The Hall–Kier alpha value is -2.73. The van der Waals surface area contributed by atoms with Crippen molar-refractivity contribution in [3.63, 3.8) is 0 Å². The van der Waals surface area contributed by atoms with E-state index in [4.69, 9.17) is 9.47 Å². The smallest absolute Gasteiger partial charge is 0.303 e. The first-order valence-corrected chi connectivity index (χ1v) is 13.6. The molecular weight excluding hydrogens is 466 g/mol. The van der Waals surface area contributed by atoms with Gasteiger partial charge in [0.2, 0.25) is 5.78 Å². The highest BCUT2D eigenvalue weighted by atomic mass is 16.6. The summed E-state index contributed by atoms with van der Waals surface area (Å²) in [7, 11) is 5.59. The Balaban J connectivity index is 1.68. The fraction of sp³-hybridized carbons (Fsp3) is 0.581. The van der Waals surface area contributed by atoms with Crippen molar-refractivity contribution in [2.24, 2.45) is 17.3 Å². The number of nitrogens with zero attached hydrogens (tertiary/aromatic N) is 1. The number of benzene rings is 1. The first kappa shape index (κ1) is 25.9. The van der Waals surface area contributed by atoms with Gasteiger partial charge in [-0.25, -0.2) is 0 Å². The molecule has 1 aromatic rings. The number of hydrogen-bond donors (Lipinski definition) is 0. The fourth-order valence-electron chi connectivity index (χ4n) is 8.13. The molecule has 1 aromatic carbocycles. The lowest BCUT2D eigenvalue weighted by molar-refractivity contribution is -0.185. The molecular formula is C31H39NO5. The van der Waals surface area contributed by atoms with Crippen molar-refractivity contribution in [1.29, 1.82) is 0 Å². The molecule has 0 radical (unpaired) electrons. The van der Waals surface area contributed by atoms with Gasteiger partial charge in [0.1, 0.15) is 6.61 Å². The molecule has 4 aliphatic carbocycles. The van der Waals surface area contributed by atoms with E-state index in [9.17, 15) is 14.4 Å². The van der Waals surface area contributed by atoms with Crippen LogP contribution >= 0.6 is 0 Å². The Labute approximate surface area is 220 Å². The quantitative estimate of drug-likeness (QED) is 0.497. The summed E-state index contributed by atoms with van der Waals surface area (Å²) in [5.74, 6) is 0.301. The van der Waals surface area contributed by atoms with Gasteiger partial charge in [-0.3, -0.25) is 14.4 Å². The second-order valence-corrected chi connectivity index (χ2v) is 11.8. The van der Waals surface area contributed by atoms with Crippen LogP contribution in [0.1, 0.15) is 70.3 Å². The lowest BCUT2D eigenvalue weighted by Crippen LogP contribution is -2.58. The van der Waals surface area contributed by atoms with Crippen molar-refractivity contribution in [3.8, 4) is 0 Å². The number of rotatable bonds is 6. The Kier molecular flexibility index (Phi) is 6.68. The van der Waals surface area contributed by atoms with E-state index in [2.05, 4.69) is 36.1 Å². The molecule has 0 saturated heterocycles. The summed E-state index contributed by atoms with van der Waals surface area (Å²) in [6.45, 7) is 3.52. The topological polar surface area (TPSA) is 72.9 Å². The van der Waals surface area contributed by atoms with Crippen LogP contribution in [0.2, 0.25) is 0 Å². The predicted octanol–water partition coefficient (Wildman–Crippen LogP) is 5.17. The molecule has 6 heteroatoms. The molecule has 6 nitrogen and oxygen atoms in total. The van der Waals surface area contributed by atoms with Crippen LogP contribution in [-0.4, -0.2) is 50.9 Å². The van der Waals surface area contributed by atoms with Crippen molar-refractivity contribution >= 4 is 23.2 Å². The van der Waals surface area contributed by atoms with Crippen LogP contribution in [0.5, 0.6) is 0 Å². The summed E-state index contributed by atoms with van der Waals surface area (Å²) < 4.78 is 11.4. The Morgan fingerprint density at radius 1 is 1.08 bits per heavy atom. The average molecular weight is 506 g/mol. The number of ketones is 2. The number of fused-ring (bicyclic) bond motifs is 4. The molecule has 37 heavy (non-hydrogen) atoms. The molecule has 0 aromatic heterocycles. The minimum Gasteiger partial charge on any atom is -0.451 e. The minimum atomic E-state index is -1.18. The molecule has 5 atom stereocenters. The molecule has 0 heterocycles. The van der Waals surface area contributed by atoms with Gasteiger partial charge >= 0.3 is 5.97 Å². The van der Waals surface area contributed by atoms with Crippen LogP contribution in [-0.2, 0) is 23.9 Å². The molecule has 2 fully saturated rings. The monoisotopic (exact) mass is 505 g/mol. The first-order valence-electron chi connectivity index (χ1n) is 13.6. The number of ether oxygens (including phenoxy) is 2. The normalized spacial score (nSPS) is 32.7. The highest BCUT2D eigenvalue weighted by Crippen LogP contribution is 2.67. The molecule has 0 unspecified atom stereocenters. The molecule has 0 amide bonds. The fourth-order valence-corrected chi connectivity index (χ4v) is 8.13. The van der Waals surface area contributed by atoms with E-state index in [1.807, 2.05) is 20.2 Å². The molecule has 0 spiro atoms. The third kappa shape index (κ3) is 4.08. The van der Waals surface area contributed by atoms with E-state index >= 15 is 0 Å². The maximum absolute atomic E-state index is 13.7. The van der Waals surface area contributed by atoms with Crippen molar-refractivity contribution in [1.82, 2.24) is 0 Å². The lowest BCUT2D eigenvalue weighted by Gasteiger charge is -2.55. The summed E-state index contributed by atoms with van der Waals surface area (Å²) in [5.41, 5.74) is 4.70. The van der Waals surface area contributed by atoms with Gasteiger partial charge in [0, 0.05) is 51.6 Å². The van der Waals surface area contributed by atoms with Gasteiger partial charge in [0.25, 0.3) is 0 Å². The molecule has 4 aliphatic rings. The lowest BCUT2D eigenvalue weighted by atomic mass is 9.50. The number of methoxy groups -OCH3 is 1. The summed E-state index contributed by atoms with van der Waals surface area (Å²) in [4.78, 5) is 40.5. The SMILES string of the molecule is COCC(=O)[C@@]1(OC(C)=O)CC[C@H]2[C@@H]3CCC4=CC(=O)CCC4=C3[C@@H](c3ccc(N(C)C)cc3)C[C@@]21C. The minimum absolute atomic E-state index is 0.0641. The predicted molar refractivity (Wildman–Crippen MR) is 142 cm³/mol. The molecule has 0 aliphatic heterocycles. The number of hydrogen-bond acceptors (Lipinski definition) is 6. The van der Waals surface area contributed by atoms with Crippen LogP contribution in [0.4, 0.5) is 5.69 Å². The van der Waals surface area contributed by atoms with E-state index in [0.717, 1.165) is 37.8 Å². The van der Waals surface area contributed by atoms with Gasteiger partial charge in [-0.15, -0.1) is 0 Å². The van der Waals surface area contributed by atoms with Crippen LogP contribution in [0, 0.1) is 17.3 Å². The van der Waals surface area contributed by atoms with E-state index in [-0.39, 0.29) is 30.0 Å². The van der Waals surface area contributed by atoms with E-state index < -0.39 is 17.0 Å². The van der Waals surface area contributed by atoms with Gasteiger partial charge in [0.15, 0.2) is 11.4 Å². The molecule has 198 valence electrons. The van der Waals surface area contributed by atoms with Crippen LogP contribution in [0.25, 0.3) is 0 Å². The number of carbonyl (C=O) groups excluding carboxylic acids is 3. The molecule has 2 saturated carbocycles. The standard InChI is InChI=1S/C31H39NO5/c1-19(33)37-31(28(35)18-36-5)15-14-27-25-12-8-21-16-23(34)11-13-24(21)29(25)26(17-30(27,31)2)20-6-9-22(10-7-20)32(3)4/h6-7,9-10,16,25-27H,8,11-15,17-18H2,1-5H3/t25-,26+,27-,30-,31-/m0/s1. The third-order valence-electron chi connectivity index (χ3n) is 9.71. The zero-order valence-electron chi connectivity index (χ0n) is 22.8. The maximum Gasteiger partial charge on any atom is 0.303 e. The highest BCUT2D eigenvalue weighted by Gasteiger charge is 2.68. The number of carbonyl (C=O) groups is 3. The number of Topliss-reactive ketones (excluding diaryl/α,β-unsaturated/α-hetero) is 1. The largest absolute Gasteiger partial charge is 0.451 e. The molecule has 0 N–H and O–H groups in total. The number of anilines is 1. The zero-order chi connectivity index (χ0) is 26.5.